The van der Waals surface area contributed by atoms with E-state index < -0.39 is 17.5 Å². The zero-order valence-electron chi connectivity index (χ0n) is 18.6. The molecule has 4 amide bonds. The van der Waals surface area contributed by atoms with Crippen molar-refractivity contribution in [2.45, 2.75) is 38.3 Å². The van der Waals surface area contributed by atoms with E-state index >= 15 is 0 Å². The van der Waals surface area contributed by atoms with Crippen LogP contribution in [0.2, 0.25) is 0 Å². The summed E-state index contributed by atoms with van der Waals surface area (Å²) in [5, 5.41) is 5.70. The minimum atomic E-state index is -1.17. The first-order valence-corrected chi connectivity index (χ1v) is 11.2. The van der Waals surface area contributed by atoms with Crippen LogP contribution in [0.4, 0.5) is 4.79 Å². The number of urea groups is 1. The standard InChI is InChI=1S/C25H30N4O3/c1-18-10-12-20(13-11-18)25(2)23(31)29(24(32)27-25)17-22(30)26-16-21(28-14-6-7-15-28)19-8-4-3-5-9-19/h3-5,8-13,21H,6-7,14-17H2,1-2H3,(H,26,30)(H,27,32)/t21-,25-/m1/s1. The summed E-state index contributed by atoms with van der Waals surface area (Å²) < 4.78 is 0. The highest BCUT2D eigenvalue weighted by molar-refractivity contribution is 6.09. The van der Waals surface area contributed by atoms with Crippen LogP contribution in [0, 0.1) is 6.92 Å². The highest BCUT2D eigenvalue weighted by Crippen LogP contribution is 2.29. The van der Waals surface area contributed by atoms with E-state index in [4.69, 9.17) is 0 Å². The molecule has 0 saturated carbocycles. The molecular weight excluding hydrogens is 404 g/mol. The molecule has 0 spiro atoms. The summed E-state index contributed by atoms with van der Waals surface area (Å²) in [6, 6.07) is 17.1. The van der Waals surface area contributed by atoms with Crippen LogP contribution in [0.5, 0.6) is 0 Å². The molecule has 32 heavy (non-hydrogen) atoms. The van der Waals surface area contributed by atoms with E-state index in [1.54, 1.807) is 6.92 Å². The second kappa shape index (κ2) is 9.12. The topological polar surface area (TPSA) is 81.8 Å². The average molecular weight is 435 g/mol. The van der Waals surface area contributed by atoms with Gasteiger partial charge in [-0.05, 0) is 50.9 Å². The Morgan fingerprint density at radius 1 is 1.06 bits per heavy atom. The fourth-order valence-corrected chi connectivity index (χ4v) is 4.52. The van der Waals surface area contributed by atoms with Gasteiger partial charge in [-0.3, -0.25) is 19.4 Å². The number of likely N-dealkylation sites (tertiary alicyclic amines) is 1. The maximum Gasteiger partial charge on any atom is 0.325 e. The Morgan fingerprint density at radius 2 is 1.72 bits per heavy atom. The quantitative estimate of drug-likeness (QED) is 0.657. The van der Waals surface area contributed by atoms with Crippen molar-refractivity contribution in [3.63, 3.8) is 0 Å². The van der Waals surface area contributed by atoms with Gasteiger partial charge < -0.3 is 10.6 Å². The number of amides is 4. The fourth-order valence-electron chi connectivity index (χ4n) is 4.52. The second-order valence-corrected chi connectivity index (χ2v) is 8.79. The summed E-state index contributed by atoms with van der Waals surface area (Å²) in [5.41, 5.74) is 1.74. The summed E-state index contributed by atoms with van der Waals surface area (Å²) in [7, 11) is 0. The van der Waals surface area contributed by atoms with Crippen molar-refractivity contribution >= 4 is 17.8 Å². The number of hydrogen-bond donors (Lipinski definition) is 2. The van der Waals surface area contributed by atoms with Gasteiger partial charge >= 0.3 is 6.03 Å². The van der Waals surface area contributed by atoms with Crippen LogP contribution in [0.3, 0.4) is 0 Å². The monoisotopic (exact) mass is 434 g/mol. The largest absolute Gasteiger partial charge is 0.353 e. The molecule has 168 valence electrons. The molecule has 4 rings (SSSR count). The zero-order chi connectivity index (χ0) is 22.7. The van der Waals surface area contributed by atoms with Gasteiger partial charge in [-0.15, -0.1) is 0 Å². The molecule has 0 aromatic heterocycles. The highest BCUT2D eigenvalue weighted by atomic mass is 16.2. The van der Waals surface area contributed by atoms with Crippen molar-refractivity contribution in [3.05, 3.63) is 71.3 Å². The van der Waals surface area contributed by atoms with Crippen molar-refractivity contribution in [2.75, 3.05) is 26.2 Å². The lowest BCUT2D eigenvalue weighted by Gasteiger charge is -2.28. The SMILES string of the molecule is Cc1ccc([C@@]2(C)NC(=O)N(CC(=O)NC[C@H](c3ccccc3)N3CCCC3)C2=O)cc1. The number of imide groups is 1. The fraction of sp³-hybridized carbons (Fsp3) is 0.400. The molecule has 2 aromatic carbocycles. The Labute approximate surface area is 188 Å². The Morgan fingerprint density at radius 3 is 2.38 bits per heavy atom. The van der Waals surface area contributed by atoms with Gasteiger partial charge in [0.2, 0.25) is 5.91 Å². The second-order valence-electron chi connectivity index (χ2n) is 8.79. The summed E-state index contributed by atoms with van der Waals surface area (Å²) in [5.74, 6) is -0.762. The van der Waals surface area contributed by atoms with Crippen molar-refractivity contribution in [2.24, 2.45) is 0 Å². The summed E-state index contributed by atoms with van der Waals surface area (Å²) in [6.45, 7) is 5.77. The molecule has 0 aliphatic carbocycles. The smallest absolute Gasteiger partial charge is 0.325 e. The third kappa shape index (κ3) is 4.39. The normalized spacial score (nSPS) is 22.1. The van der Waals surface area contributed by atoms with Crippen LogP contribution >= 0.6 is 0 Å². The van der Waals surface area contributed by atoms with Crippen molar-refractivity contribution in [1.82, 2.24) is 20.4 Å². The Kier molecular flexibility index (Phi) is 6.28. The van der Waals surface area contributed by atoms with Gasteiger partial charge in [0, 0.05) is 6.54 Å². The molecule has 2 aliphatic heterocycles. The van der Waals surface area contributed by atoms with Crippen LogP contribution in [-0.2, 0) is 15.1 Å². The van der Waals surface area contributed by atoms with E-state index in [-0.39, 0.29) is 18.5 Å². The Hall–Kier alpha value is -3.19. The lowest BCUT2D eigenvalue weighted by Crippen LogP contribution is -2.45. The number of rotatable bonds is 7. The maximum absolute atomic E-state index is 13.1. The van der Waals surface area contributed by atoms with E-state index in [1.165, 1.54) is 0 Å². The van der Waals surface area contributed by atoms with Crippen LogP contribution in [-0.4, -0.2) is 53.8 Å². The maximum atomic E-state index is 13.1. The van der Waals surface area contributed by atoms with Gasteiger partial charge in [0.1, 0.15) is 12.1 Å². The molecule has 2 fully saturated rings. The van der Waals surface area contributed by atoms with Gasteiger partial charge in [-0.2, -0.15) is 0 Å². The first-order chi connectivity index (χ1) is 15.4. The molecule has 0 unspecified atom stereocenters. The third-order valence-corrected chi connectivity index (χ3v) is 6.46. The van der Waals surface area contributed by atoms with E-state index in [2.05, 4.69) is 27.7 Å². The molecule has 7 nitrogen and oxygen atoms in total. The Bertz CT molecular complexity index is 986. The van der Waals surface area contributed by atoms with E-state index in [0.717, 1.165) is 42.0 Å². The van der Waals surface area contributed by atoms with Gasteiger partial charge in [-0.25, -0.2) is 4.79 Å². The van der Waals surface area contributed by atoms with Crippen molar-refractivity contribution < 1.29 is 14.4 Å². The molecule has 0 bridgehead atoms. The summed E-state index contributed by atoms with van der Waals surface area (Å²) in [6.07, 6.45) is 2.30. The number of carbonyl (C=O) groups excluding carboxylic acids is 3. The van der Waals surface area contributed by atoms with E-state index in [9.17, 15) is 14.4 Å². The van der Waals surface area contributed by atoms with Crippen molar-refractivity contribution in [1.29, 1.82) is 0 Å². The third-order valence-electron chi connectivity index (χ3n) is 6.46. The van der Waals surface area contributed by atoms with Crippen LogP contribution < -0.4 is 10.6 Å². The molecule has 2 N–H and O–H groups in total. The summed E-state index contributed by atoms with van der Waals surface area (Å²) in [4.78, 5) is 41.7. The number of nitrogens with one attached hydrogen (secondary N) is 2. The molecule has 7 heteroatoms. The minimum Gasteiger partial charge on any atom is -0.353 e. The molecule has 2 heterocycles. The number of nitrogens with zero attached hydrogens (tertiary/aromatic N) is 2. The van der Waals surface area contributed by atoms with Gasteiger partial charge in [-0.1, -0.05) is 60.2 Å². The van der Waals surface area contributed by atoms with Gasteiger partial charge in [0.05, 0.1) is 6.04 Å². The van der Waals surface area contributed by atoms with E-state index in [1.807, 2.05) is 49.4 Å². The highest BCUT2D eigenvalue weighted by Gasteiger charge is 2.49. The lowest BCUT2D eigenvalue weighted by atomic mass is 9.91. The number of hydrogen-bond acceptors (Lipinski definition) is 4. The predicted molar refractivity (Wildman–Crippen MR) is 122 cm³/mol. The van der Waals surface area contributed by atoms with Crippen LogP contribution in [0.1, 0.15) is 42.5 Å². The number of aryl methyl sites for hydroxylation is 1. The molecular formula is C25H30N4O3. The Balaban J connectivity index is 1.41. The van der Waals surface area contributed by atoms with Crippen LogP contribution in [0.25, 0.3) is 0 Å². The first kappa shape index (κ1) is 22.0. The van der Waals surface area contributed by atoms with Crippen LogP contribution in [0.15, 0.2) is 54.6 Å². The number of carbonyl (C=O) groups is 3. The van der Waals surface area contributed by atoms with Gasteiger partial charge in [0.15, 0.2) is 0 Å². The number of benzene rings is 2. The predicted octanol–water partition coefficient (Wildman–Crippen LogP) is 2.72. The molecule has 2 atom stereocenters. The molecule has 0 radical (unpaired) electrons. The van der Waals surface area contributed by atoms with Gasteiger partial charge in [0.25, 0.3) is 5.91 Å². The lowest BCUT2D eigenvalue weighted by molar-refractivity contribution is -0.134. The minimum absolute atomic E-state index is 0.0728. The zero-order valence-corrected chi connectivity index (χ0v) is 18.6. The molecule has 2 saturated heterocycles. The average Bonchev–Trinajstić information content (AvgIpc) is 3.39. The summed E-state index contributed by atoms with van der Waals surface area (Å²) >= 11 is 0. The van der Waals surface area contributed by atoms with Crippen molar-refractivity contribution in [3.8, 4) is 0 Å². The van der Waals surface area contributed by atoms with E-state index in [0.29, 0.717) is 12.1 Å². The molecule has 2 aromatic rings. The molecule has 2 aliphatic rings. The first-order valence-electron chi connectivity index (χ1n) is 11.2.